The standard InChI is InChI=1S/C20H32O5/c1-17-6-3-7-18(2,16(23)24)14(17)8-15(22)19-9-12(4-5-13(17)19)20(25,10-19)11-21/h12-15,21-22,25H,3-11H2,1-2H3,(H,23,24)/t12-,13+,14+,15+,17+,18-,19-,20+/m1/s1. The monoisotopic (exact) mass is 352 g/mol. The molecule has 5 heteroatoms. The van der Waals surface area contributed by atoms with Gasteiger partial charge in [0.05, 0.1) is 23.7 Å². The van der Waals surface area contributed by atoms with Gasteiger partial charge in [-0.3, -0.25) is 4.79 Å². The van der Waals surface area contributed by atoms with Gasteiger partial charge in [0.2, 0.25) is 0 Å². The molecule has 4 rings (SSSR count). The number of carboxylic acids is 1. The highest BCUT2D eigenvalue weighted by atomic mass is 16.4. The Bertz CT molecular complexity index is 593. The summed E-state index contributed by atoms with van der Waals surface area (Å²) >= 11 is 0. The number of carboxylic acid groups (broad SMARTS) is 1. The van der Waals surface area contributed by atoms with Crippen LogP contribution >= 0.6 is 0 Å². The van der Waals surface area contributed by atoms with Crippen LogP contribution in [0.15, 0.2) is 0 Å². The first-order chi connectivity index (χ1) is 11.6. The lowest BCUT2D eigenvalue weighted by molar-refractivity contribution is -0.209. The topological polar surface area (TPSA) is 98.0 Å². The van der Waals surface area contributed by atoms with Gasteiger partial charge in [-0.25, -0.2) is 0 Å². The van der Waals surface area contributed by atoms with Gasteiger partial charge in [-0.1, -0.05) is 13.3 Å². The third-order valence-corrected chi connectivity index (χ3v) is 9.18. The summed E-state index contributed by atoms with van der Waals surface area (Å²) in [6.45, 7) is 3.87. The minimum absolute atomic E-state index is 0.0313. The van der Waals surface area contributed by atoms with E-state index in [4.69, 9.17) is 0 Å². The number of hydrogen-bond acceptors (Lipinski definition) is 4. The zero-order chi connectivity index (χ0) is 18.3. The fraction of sp³-hybridized carbons (Fsp3) is 0.950. The Morgan fingerprint density at radius 2 is 1.88 bits per heavy atom. The Morgan fingerprint density at radius 3 is 2.52 bits per heavy atom. The number of rotatable bonds is 2. The van der Waals surface area contributed by atoms with Gasteiger partial charge in [0.1, 0.15) is 0 Å². The fourth-order valence-corrected chi connectivity index (χ4v) is 7.96. The smallest absolute Gasteiger partial charge is 0.309 e. The maximum atomic E-state index is 12.1. The Balaban J connectivity index is 1.78. The van der Waals surface area contributed by atoms with Crippen molar-refractivity contribution in [3.05, 3.63) is 0 Å². The second-order valence-electron chi connectivity index (χ2n) is 10.1. The minimum Gasteiger partial charge on any atom is -0.481 e. The molecule has 0 radical (unpaired) electrons. The van der Waals surface area contributed by atoms with E-state index in [0.717, 1.165) is 32.1 Å². The lowest BCUT2D eigenvalue weighted by atomic mass is 9.40. The van der Waals surface area contributed by atoms with Crippen LogP contribution in [0.25, 0.3) is 0 Å². The van der Waals surface area contributed by atoms with Crippen molar-refractivity contribution in [2.24, 2.45) is 34.0 Å². The van der Waals surface area contributed by atoms with Crippen molar-refractivity contribution in [3.63, 3.8) is 0 Å². The highest BCUT2D eigenvalue weighted by Crippen LogP contribution is 2.72. The first-order valence-electron chi connectivity index (χ1n) is 9.87. The van der Waals surface area contributed by atoms with Crippen LogP contribution in [0.4, 0.5) is 0 Å². The van der Waals surface area contributed by atoms with Crippen LogP contribution in [0.1, 0.15) is 65.2 Å². The van der Waals surface area contributed by atoms with Crippen molar-refractivity contribution >= 4 is 5.97 Å². The Labute approximate surface area is 149 Å². The second kappa shape index (κ2) is 5.20. The molecule has 0 aromatic rings. The van der Waals surface area contributed by atoms with Crippen molar-refractivity contribution < 1.29 is 25.2 Å². The average Bonchev–Trinajstić information content (AvgIpc) is 2.78. The molecule has 8 atom stereocenters. The summed E-state index contributed by atoms with van der Waals surface area (Å²) in [7, 11) is 0. The molecule has 142 valence electrons. The lowest BCUT2D eigenvalue weighted by Gasteiger charge is -2.64. The van der Waals surface area contributed by atoms with Crippen LogP contribution in [0.5, 0.6) is 0 Å². The maximum absolute atomic E-state index is 12.1. The number of aliphatic hydroxyl groups excluding tert-OH is 2. The highest BCUT2D eigenvalue weighted by Gasteiger charge is 2.71. The molecule has 5 nitrogen and oxygen atoms in total. The Kier molecular flexibility index (Phi) is 3.69. The number of aliphatic hydroxyl groups is 3. The van der Waals surface area contributed by atoms with Gasteiger partial charge in [0.25, 0.3) is 0 Å². The molecule has 0 amide bonds. The summed E-state index contributed by atoms with van der Waals surface area (Å²) in [4.78, 5) is 12.1. The number of carbonyl (C=O) groups is 1. The minimum atomic E-state index is -1.08. The predicted octanol–water partition coefficient (Wildman–Crippen LogP) is 2.18. The second-order valence-corrected chi connectivity index (χ2v) is 10.1. The third kappa shape index (κ3) is 2.03. The summed E-state index contributed by atoms with van der Waals surface area (Å²) in [5.74, 6) is -0.489. The lowest BCUT2D eigenvalue weighted by Crippen LogP contribution is -2.62. The summed E-state index contributed by atoms with van der Waals surface area (Å²) in [6, 6.07) is 0. The van der Waals surface area contributed by atoms with Crippen molar-refractivity contribution in [1.29, 1.82) is 0 Å². The van der Waals surface area contributed by atoms with E-state index in [1.54, 1.807) is 0 Å². The van der Waals surface area contributed by atoms with Crippen LogP contribution in [0.2, 0.25) is 0 Å². The molecule has 4 saturated carbocycles. The molecule has 4 aliphatic carbocycles. The molecule has 4 fully saturated rings. The quantitative estimate of drug-likeness (QED) is 0.611. The van der Waals surface area contributed by atoms with E-state index in [9.17, 15) is 25.2 Å². The Morgan fingerprint density at radius 1 is 1.16 bits per heavy atom. The number of hydrogen-bond donors (Lipinski definition) is 4. The third-order valence-electron chi connectivity index (χ3n) is 9.18. The SMILES string of the molecule is C[C@@]12CCC[C@@](C)(C(=O)O)[C@H]1C[C@H](O)[C@@]13C[C@@H](CC[C@@H]21)[C@@](O)(CO)C3. The molecule has 0 aromatic heterocycles. The number of fused-ring (bicyclic) bond motifs is 3. The Hall–Kier alpha value is -0.650. The molecule has 0 heterocycles. The van der Waals surface area contributed by atoms with Gasteiger partial charge in [-0.05, 0) is 75.0 Å². The normalized spacial score (nSPS) is 57.6. The molecular weight excluding hydrogens is 320 g/mol. The van der Waals surface area contributed by atoms with E-state index in [1.807, 2.05) is 6.92 Å². The molecule has 1 spiro atoms. The molecule has 0 unspecified atom stereocenters. The van der Waals surface area contributed by atoms with E-state index in [2.05, 4.69) is 6.92 Å². The van der Waals surface area contributed by atoms with Gasteiger partial charge < -0.3 is 20.4 Å². The zero-order valence-corrected chi connectivity index (χ0v) is 15.4. The largest absolute Gasteiger partial charge is 0.481 e. The first-order valence-corrected chi connectivity index (χ1v) is 9.87. The summed E-state index contributed by atoms with van der Waals surface area (Å²) in [6.07, 6.45) is 5.52. The zero-order valence-electron chi connectivity index (χ0n) is 15.4. The molecule has 25 heavy (non-hydrogen) atoms. The molecule has 2 bridgehead atoms. The van der Waals surface area contributed by atoms with Crippen molar-refractivity contribution in [3.8, 4) is 0 Å². The summed E-state index contributed by atoms with van der Waals surface area (Å²) in [5, 5.41) is 41.8. The molecule has 0 aliphatic heterocycles. The predicted molar refractivity (Wildman–Crippen MR) is 91.7 cm³/mol. The van der Waals surface area contributed by atoms with Crippen LogP contribution in [0, 0.1) is 34.0 Å². The molecule has 4 N–H and O–H groups in total. The van der Waals surface area contributed by atoms with Crippen molar-refractivity contribution in [2.45, 2.75) is 76.9 Å². The highest BCUT2D eigenvalue weighted by molar-refractivity contribution is 5.75. The van der Waals surface area contributed by atoms with Gasteiger partial charge in [0.15, 0.2) is 0 Å². The van der Waals surface area contributed by atoms with E-state index in [1.165, 1.54) is 0 Å². The molecular formula is C20H32O5. The molecule has 0 saturated heterocycles. The van der Waals surface area contributed by atoms with Gasteiger partial charge >= 0.3 is 5.97 Å². The molecule has 4 aliphatic rings. The van der Waals surface area contributed by atoms with E-state index < -0.39 is 23.1 Å². The van der Waals surface area contributed by atoms with Crippen LogP contribution < -0.4 is 0 Å². The average molecular weight is 352 g/mol. The van der Waals surface area contributed by atoms with Crippen LogP contribution in [-0.4, -0.2) is 44.7 Å². The molecule has 0 aromatic carbocycles. The summed E-state index contributed by atoms with van der Waals surface area (Å²) in [5.41, 5.74) is -2.33. The number of aliphatic carboxylic acids is 1. The van der Waals surface area contributed by atoms with Crippen LogP contribution in [0.3, 0.4) is 0 Å². The van der Waals surface area contributed by atoms with Gasteiger partial charge in [-0.2, -0.15) is 0 Å². The van der Waals surface area contributed by atoms with Crippen molar-refractivity contribution in [2.75, 3.05) is 6.61 Å². The fourth-order valence-electron chi connectivity index (χ4n) is 7.96. The maximum Gasteiger partial charge on any atom is 0.309 e. The van der Waals surface area contributed by atoms with E-state index in [-0.39, 0.29) is 35.2 Å². The van der Waals surface area contributed by atoms with E-state index >= 15 is 0 Å². The van der Waals surface area contributed by atoms with Gasteiger partial charge in [-0.15, -0.1) is 0 Å². The van der Waals surface area contributed by atoms with Gasteiger partial charge in [0, 0.05) is 5.41 Å². The first kappa shape index (κ1) is 17.7. The van der Waals surface area contributed by atoms with E-state index in [0.29, 0.717) is 19.3 Å². The van der Waals surface area contributed by atoms with Crippen LogP contribution in [-0.2, 0) is 4.79 Å². The van der Waals surface area contributed by atoms with Crippen molar-refractivity contribution in [1.82, 2.24) is 0 Å². The summed E-state index contributed by atoms with van der Waals surface area (Å²) < 4.78 is 0.